The average Bonchev–Trinajstić information content (AvgIpc) is 2.96. The Balaban J connectivity index is 2.25. The summed E-state index contributed by atoms with van der Waals surface area (Å²) in [6.45, 7) is 0. The summed E-state index contributed by atoms with van der Waals surface area (Å²) in [5.41, 5.74) is -1.92. The Morgan fingerprint density at radius 1 is 1.22 bits per heavy atom. The van der Waals surface area contributed by atoms with Crippen molar-refractivity contribution in [1.29, 1.82) is 0 Å². The summed E-state index contributed by atoms with van der Waals surface area (Å²) in [7, 11) is 3.32. The fourth-order valence-corrected chi connectivity index (χ4v) is 1.57. The monoisotopic (exact) mass is 281 g/mol. The van der Waals surface area contributed by atoms with E-state index in [2.05, 4.69) is 20.3 Å². The summed E-state index contributed by atoms with van der Waals surface area (Å²) in [6.07, 6.45) is -4.31. The van der Waals surface area contributed by atoms with Gasteiger partial charge in [0.05, 0.1) is 0 Å². The van der Waals surface area contributed by atoms with Crippen molar-refractivity contribution in [2.24, 2.45) is 0 Å². The number of hydrogen-bond donors (Lipinski definition) is 1. The lowest BCUT2D eigenvalue weighted by atomic mass is 10.3. The maximum absolute atomic E-state index is 12.8. The Hall–Kier alpha value is -1.31. The second kappa shape index (κ2) is 4.11. The molecule has 18 heavy (non-hydrogen) atoms. The van der Waals surface area contributed by atoms with Gasteiger partial charge in [0.25, 0.3) is 0 Å². The Morgan fingerprint density at radius 3 is 2.28 bits per heavy atom. The molecule has 1 fully saturated rings. The zero-order valence-electron chi connectivity index (χ0n) is 9.71. The standard InChI is InChI=1S/C9H11ClF3N5/c1-18(2)7-15-5(10)14-6(16-7)17-8(3-4-8)9(11,12)13/h3-4H2,1-2H3,(H,14,15,16,17). The van der Waals surface area contributed by atoms with Gasteiger partial charge in [-0.15, -0.1) is 0 Å². The predicted octanol–water partition coefficient (Wildman–Crippen LogP) is 2.10. The van der Waals surface area contributed by atoms with Crippen LogP contribution in [0, 0.1) is 0 Å². The molecule has 9 heteroatoms. The molecule has 0 aliphatic heterocycles. The van der Waals surface area contributed by atoms with E-state index < -0.39 is 11.7 Å². The van der Waals surface area contributed by atoms with Gasteiger partial charge in [-0.25, -0.2) is 0 Å². The van der Waals surface area contributed by atoms with Gasteiger partial charge in [-0.3, -0.25) is 0 Å². The zero-order chi connectivity index (χ0) is 13.6. The molecule has 0 aromatic carbocycles. The Bertz CT molecular complexity index is 458. The molecule has 1 aromatic rings. The maximum Gasteiger partial charge on any atom is 0.411 e. The highest BCUT2D eigenvalue weighted by Gasteiger charge is 2.64. The fraction of sp³-hybridized carbons (Fsp3) is 0.667. The molecule has 5 nitrogen and oxygen atoms in total. The van der Waals surface area contributed by atoms with Crippen molar-refractivity contribution in [3.05, 3.63) is 5.28 Å². The number of aromatic nitrogens is 3. The first kappa shape index (κ1) is 13.1. The van der Waals surface area contributed by atoms with Gasteiger partial charge in [-0.05, 0) is 24.4 Å². The molecule has 1 aromatic heterocycles. The predicted molar refractivity (Wildman–Crippen MR) is 60.8 cm³/mol. The van der Waals surface area contributed by atoms with Crippen LogP contribution in [-0.4, -0.2) is 40.8 Å². The molecule has 100 valence electrons. The van der Waals surface area contributed by atoms with Crippen LogP contribution in [0.4, 0.5) is 25.1 Å². The summed E-state index contributed by atoms with van der Waals surface area (Å²) in [4.78, 5) is 12.9. The van der Waals surface area contributed by atoms with Gasteiger partial charge in [0.15, 0.2) is 0 Å². The van der Waals surface area contributed by atoms with Crippen molar-refractivity contribution in [2.75, 3.05) is 24.3 Å². The summed E-state index contributed by atoms with van der Waals surface area (Å²) in [5, 5.41) is 2.16. The lowest BCUT2D eigenvalue weighted by Crippen LogP contribution is -2.39. The van der Waals surface area contributed by atoms with E-state index >= 15 is 0 Å². The van der Waals surface area contributed by atoms with Gasteiger partial charge < -0.3 is 10.2 Å². The quantitative estimate of drug-likeness (QED) is 0.919. The Kier molecular flexibility index (Phi) is 3.00. The number of hydrogen-bond acceptors (Lipinski definition) is 5. The van der Waals surface area contributed by atoms with Crippen LogP contribution in [0.25, 0.3) is 0 Å². The van der Waals surface area contributed by atoms with Crippen molar-refractivity contribution in [2.45, 2.75) is 24.6 Å². The highest BCUT2D eigenvalue weighted by Crippen LogP contribution is 2.50. The third kappa shape index (κ3) is 2.43. The van der Waals surface area contributed by atoms with Crippen molar-refractivity contribution in [3.63, 3.8) is 0 Å². The zero-order valence-corrected chi connectivity index (χ0v) is 10.5. The van der Waals surface area contributed by atoms with E-state index in [4.69, 9.17) is 11.6 Å². The molecule has 0 radical (unpaired) electrons. The minimum Gasteiger partial charge on any atom is -0.347 e. The molecule has 0 spiro atoms. The highest BCUT2D eigenvalue weighted by atomic mass is 35.5. The fourth-order valence-electron chi connectivity index (χ4n) is 1.41. The van der Waals surface area contributed by atoms with Crippen LogP contribution < -0.4 is 10.2 Å². The van der Waals surface area contributed by atoms with Crippen molar-refractivity contribution >= 4 is 23.5 Å². The molecule has 2 rings (SSSR count). The molecular weight excluding hydrogens is 271 g/mol. The first-order valence-corrected chi connectivity index (χ1v) is 5.55. The second-order valence-corrected chi connectivity index (χ2v) is 4.67. The number of alkyl halides is 3. The number of nitrogens with zero attached hydrogens (tertiary/aromatic N) is 4. The minimum atomic E-state index is -4.33. The first-order chi connectivity index (χ1) is 8.23. The van der Waals surface area contributed by atoms with Crippen molar-refractivity contribution in [1.82, 2.24) is 15.0 Å². The minimum absolute atomic E-state index is 0.0110. The average molecular weight is 282 g/mol. The molecule has 1 N–H and O–H groups in total. The largest absolute Gasteiger partial charge is 0.411 e. The molecule has 0 bridgehead atoms. The number of anilines is 2. The van der Waals surface area contributed by atoms with E-state index in [9.17, 15) is 13.2 Å². The summed E-state index contributed by atoms with van der Waals surface area (Å²) in [5.74, 6) is 0.0454. The van der Waals surface area contributed by atoms with Crippen molar-refractivity contribution < 1.29 is 13.2 Å². The van der Waals surface area contributed by atoms with Crippen LogP contribution in [0.3, 0.4) is 0 Å². The third-order valence-corrected chi connectivity index (χ3v) is 2.81. The molecule has 1 aliphatic rings. The molecule has 0 amide bonds. The van der Waals surface area contributed by atoms with Gasteiger partial charge in [0.2, 0.25) is 17.2 Å². The molecule has 1 aliphatic carbocycles. The number of halogens is 4. The van der Waals surface area contributed by atoms with Gasteiger partial charge in [-0.1, -0.05) is 0 Å². The van der Waals surface area contributed by atoms with E-state index in [1.807, 2.05) is 0 Å². The third-order valence-electron chi connectivity index (χ3n) is 2.64. The summed E-state index contributed by atoms with van der Waals surface area (Å²) < 4.78 is 38.3. The van der Waals surface area contributed by atoms with E-state index in [0.717, 1.165) is 0 Å². The van der Waals surface area contributed by atoms with E-state index in [1.54, 1.807) is 14.1 Å². The van der Waals surface area contributed by atoms with Crippen LogP contribution >= 0.6 is 11.6 Å². The molecule has 1 heterocycles. The summed E-state index contributed by atoms with van der Waals surface area (Å²) in [6, 6.07) is 0. The lowest BCUT2D eigenvalue weighted by molar-refractivity contribution is -0.151. The van der Waals surface area contributed by atoms with Crippen LogP contribution in [0.2, 0.25) is 5.28 Å². The SMILES string of the molecule is CN(C)c1nc(Cl)nc(NC2(C(F)(F)F)CC2)n1. The van der Waals surface area contributed by atoms with Crippen LogP contribution in [-0.2, 0) is 0 Å². The van der Waals surface area contributed by atoms with Gasteiger partial charge >= 0.3 is 6.18 Å². The second-order valence-electron chi connectivity index (χ2n) is 4.33. The topological polar surface area (TPSA) is 53.9 Å². The summed E-state index contributed by atoms with van der Waals surface area (Å²) >= 11 is 5.65. The van der Waals surface area contributed by atoms with Gasteiger partial charge in [-0.2, -0.15) is 28.1 Å². The molecule has 0 unspecified atom stereocenters. The Morgan fingerprint density at radius 2 is 1.83 bits per heavy atom. The van der Waals surface area contributed by atoms with Crippen LogP contribution in [0.1, 0.15) is 12.8 Å². The first-order valence-electron chi connectivity index (χ1n) is 5.17. The number of rotatable bonds is 3. The lowest BCUT2D eigenvalue weighted by Gasteiger charge is -2.21. The normalized spacial score (nSPS) is 17.4. The van der Waals surface area contributed by atoms with E-state index in [-0.39, 0.29) is 30.0 Å². The van der Waals surface area contributed by atoms with Crippen LogP contribution in [0.15, 0.2) is 0 Å². The molecule has 1 saturated carbocycles. The molecule has 0 saturated heterocycles. The molecule has 0 atom stereocenters. The van der Waals surface area contributed by atoms with Gasteiger partial charge in [0, 0.05) is 14.1 Å². The maximum atomic E-state index is 12.8. The number of nitrogens with one attached hydrogen (secondary N) is 1. The van der Waals surface area contributed by atoms with E-state index in [0.29, 0.717) is 0 Å². The van der Waals surface area contributed by atoms with Crippen LogP contribution in [0.5, 0.6) is 0 Å². The Labute approximate surface area is 106 Å². The van der Waals surface area contributed by atoms with E-state index in [1.165, 1.54) is 4.90 Å². The molecular formula is C9H11ClF3N5. The highest BCUT2D eigenvalue weighted by molar-refractivity contribution is 6.28. The smallest absolute Gasteiger partial charge is 0.347 e. The van der Waals surface area contributed by atoms with Gasteiger partial charge in [0.1, 0.15) is 5.54 Å². The van der Waals surface area contributed by atoms with Crippen molar-refractivity contribution in [3.8, 4) is 0 Å².